The van der Waals surface area contributed by atoms with E-state index in [2.05, 4.69) is 46.9 Å². The number of hydrogen-bond acceptors (Lipinski definition) is 3. The van der Waals surface area contributed by atoms with E-state index in [4.69, 9.17) is 13.9 Å². The molecule has 0 bridgehead atoms. The summed E-state index contributed by atoms with van der Waals surface area (Å²) in [6.07, 6.45) is 10.4. The van der Waals surface area contributed by atoms with E-state index in [0.29, 0.717) is 11.8 Å². The van der Waals surface area contributed by atoms with E-state index >= 15 is 0 Å². The standard InChI is InChI=1S/C25H44O3Si/c1-7-13-24-14-11-12-21(23(24)25(16-15-24)26-17-18-27-25)22(19-20(5)6)28-29(8-2,9-3)10-4/h7,21-23H,1,5,8-19H2,2-4,6H3/t21?,22-,23?,24?/m0/s1. The highest BCUT2D eigenvalue weighted by atomic mass is 28.4. The number of allylic oxidation sites excluding steroid dienone is 1. The highest BCUT2D eigenvalue weighted by molar-refractivity contribution is 6.73. The Morgan fingerprint density at radius 2 is 1.79 bits per heavy atom. The van der Waals surface area contributed by atoms with Crippen LogP contribution in [-0.2, 0) is 13.9 Å². The van der Waals surface area contributed by atoms with Gasteiger partial charge in [0.2, 0.25) is 0 Å². The zero-order valence-electron chi connectivity index (χ0n) is 19.4. The highest BCUT2D eigenvalue weighted by Gasteiger charge is 2.64. The van der Waals surface area contributed by atoms with Crippen molar-refractivity contribution in [2.24, 2.45) is 17.3 Å². The smallest absolute Gasteiger partial charge is 0.192 e. The summed E-state index contributed by atoms with van der Waals surface area (Å²) in [5.41, 5.74) is 1.50. The van der Waals surface area contributed by atoms with Crippen molar-refractivity contribution in [2.75, 3.05) is 13.2 Å². The molecule has 0 aromatic heterocycles. The van der Waals surface area contributed by atoms with Crippen LogP contribution in [0.3, 0.4) is 0 Å². The third-order valence-electron chi connectivity index (χ3n) is 8.43. The van der Waals surface area contributed by atoms with Crippen LogP contribution in [0.2, 0.25) is 18.1 Å². The average molecular weight is 421 g/mol. The zero-order chi connectivity index (χ0) is 21.1. The Morgan fingerprint density at radius 3 is 2.34 bits per heavy atom. The number of rotatable bonds is 10. The lowest BCUT2D eigenvalue weighted by Crippen LogP contribution is -2.53. The molecule has 0 N–H and O–H groups in total. The second kappa shape index (κ2) is 9.38. The molecule has 0 amide bonds. The van der Waals surface area contributed by atoms with Crippen LogP contribution in [0.1, 0.15) is 72.6 Å². The van der Waals surface area contributed by atoms with E-state index in [1.165, 1.54) is 49.4 Å². The van der Waals surface area contributed by atoms with Gasteiger partial charge in [0.15, 0.2) is 14.1 Å². The molecule has 1 heterocycles. The van der Waals surface area contributed by atoms with E-state index in [1.807, 2.05) is 0 Å². The van der Waals surface area contributed by atoms with Gasteiger partial charge < -0.3 is 13.9 Å². The van der Waals surface area contributed by atoms with Crippen molar-refractivity contribution in [1.29, 1.82) is 0 Å². The predicted octanol–water partition coefficient (Wildman–Crippen LogP) is 6.86. The maximum Gasteiger partial charge on any atom is 0.192 e. The van der Waals surface area contributed by atoms with Crippen LogP contribution >= 0.6 is 0 Å². The molecule has 3 rings (SSSR count). The van der Waals surface area contributed by atoms with Crippen LogP contribution in [0, 0.1) is 17.3 Å². The van der Waals surface area contributed by atoms with Gasteiger partial charge in [0, 0.05) is 12.3 Å². The predicted molar refractivity (Wildman–Crippen MR) is 123 cm³/mol. The SMILES string of the molecule is C=CCC12CCCC([C@H](CC(=C)C)O[Si](CC)(CC)CC)C1C1(CC2)OCCO1. The zero-order valence-corrected chi connectivity index (χ0v) is 20.4. The Kier molecular flexibility index (Phi) is 7.52. The number of ether oxygens (including phenoxy) is 2. The highest BCUT2D eigenvalue weighted by Crippen LogP contribution is 2.64. The van der Waals surface area contributed by atoms with Gasteiger partial charge in [0.1, 0.15) is 0 Å². The van der Waals surface area contributed by atoms with Crippen molar-refractivity contribution in [2.45, 2.75) is 103 Å². The third kappa shape index (κ3) is 4.33. The van der Waals surface area contributed by atoms with Crippen LogP contribution in [0.25, 0.3) is 0 Å². The number of fused-ring (bicyclic) bond motifs is 2. The van der Waals surface area contributed by atoms with E-state index in [-0.39, 0.29) is 17.3 Å². The summed E-state index contributed by atoms with van der Waals surface area (Å²) in [4.78, 5) is 0. The Hall–Kier alpha value is -0.423. The van der Waals surface area contributed by atoms with Crippen LogP contribution in [0.4, 0.5) is 0 Å². The Labute approximate surface area is 180 Å². The summed E-state index contributed by atoms with van der Waals surface area (Å²) in [6.45, 7) is 19.0. The fourth-order valence-corrected chi connectivity index (χ4v) is 9.78. The molecule has 3 aliphatic rings. The molecule has 3 fully saturated rings. The molecule has 4 heteroatoms. The number of hydrogen-bond donors (Lipinski definition) is 0. The molecule has 1 spiro atoms. The van der Waals surface area contributed by atoms with Gasteiger partial charge in [-0.1, -0.05) is 38.8 Å². The molecule has 2 aliphatic carbocycles. The van der Waals surface area contributed by atoms with Crippen molar-refractivity contribution in [3.63, 3.8) is 0 Å². The molecular weight excluding hydrogens is 376 g/mol. The van der Waals surface area contributed by atoms with Gasteiger partial charge in [-0.15, -0.1) is 13.2 Å². The van der Waals surface area contributed by atoms with Crippen LogP contribution in [0.15, 0.2) is 24.8 Å². The average Bonchev–Trinajstić information content (AvgIpc) is 3.31. The summed E-state index contributed by atoms with van der Waals surface area (Å²) in [5, 5.41) is 0. The molecule has 0 aromatic rings. The second-order valence-corrected chi connectivity index (χ2v) is 14.7. The van der Waals surface area contributed by atoms with Gasteiger partial charge >= 0.3 is 0 Å². The Morgan fingerprint density at radius 1 is 1.14 bits per heavy atom. The van der Waals surface area contributed by atoms with E-state index in [9.17, 15) is 0 Å². The minimum Gasteiger partial charge on any atom is -0.413 e. The van der Waals surface area contributed by atoms with Crippen LogP contribution in [-0.4, -0.2) is 33.4 Å². The third-order valence-corrected chi connectivity index (χ3v) is 13.1. The summed E-state index contributed by atoms with van der Waals surface area (Å²) < 4.78 is 20.0. The van der Waals surface area contributed by atoms with Gasteiger partial charge in [-0.25, -0.2) is 0 Å². The minimum atomic E-state index is -1.71. The Balaban J connectivity index is 1.98. The molecule has 2 saturated carbocycles. The normalized spacial score (nSPS) is 32.3. The topological polar surface area (TPSA) is 27.7 Å². The summed E-state index contributed by atoms with van der Waals surface area (Å²) in [5.74, 6) is 0.503. The van der Waals surface area contributed by atoms with E-state index in [1.54, 1.807) is 0 Å². The molecule has 3 unspecified atom stereocenters. The molecule has 1 saturated heterocycles. The van der Waals surface area contributed by atoms with Gasteiger partial charge in [-0.05, 0) is 68.5 Å². The van der Waals surface area contributed by atoms with Gasteiger partial charge in [-0.3, -0.25) is 0 Å². The van der Waals surface area contributed by atoms with Crippen molar-refractivity contribution >= 4 is 8.32 Å². The molecule has 3 nitrogen and oxygen atoms in total. The fourth-order valence-electron chi connectivity index (χ4n) is 6.88. The van der Waals surface area contributed by atoms with Crippen LogP contribution in [0.5, 0.6) is 0 Å². The first-order valence-electron chi connectivity index (χ1n) is 12.1. The van der Waals surface area contributed by atoms with Crippen molar-refractivity contribution in [1.82, 2.24) is 0 Å². The quantitative estimate of drug-likeness (QED) is 0.285. The minimum absolute atomic E-state index is 0.247. The molecule has 0 radical (unpaired) electrons. The maximum atomic E-state index is 7.21. The van der Waals surface area contributed by atoms with Crippen LogP contribution < -0.4 is 0 Å². The Bertz CT molecular complexity index is 570. The van der Waals surface area contributed by atoms with E-state index in [0.717, 1.165) is 32.5 Å². The molecule has 4 atom stereocenters. The first-order chi connectivity index (χ1) is 13.9. The van der Waals surface area contributed by atoms with Crippen molar-refractivity contribution in [3.05, 3.63) is 24.8 Å². The lowest BCUT2D eigenvalue weighted by molar-refractivity contribution is -0.223. The first kappa shape index (κ1) is 23.2. The summed E-state index contributed by atoms with van der Waals surface area (Å²) in [6, 6.07) is 3.58. The summed E-state index contributed by atoms with van der Waals surface area (Å²) >= 11 is 0. The lowest BCUT2D eigenvalue weighted by atomic mass is 9.59. The van der Waals surface area contributed by atoms with E-state index < -0.39 is 8.32 Å². The molecule has 166 valence electrons. The fraction of sp³-hybridized carbons (Fsp3) is 0.840. The largest absolute Gasteiger partial charge is 0.413 e. The van der Waals surface area contributed by atoms with Crippen molar-refractivity contribution < 1.29 is 13.9 Å². The van der Waals surface area contributed by atoms with Gasteiger partial charge in [0.05, 0.1) is 19.3 Å². The molecule has 1 aliphatic heterocycles. The molecule has 29 heavy (non-hydrogen) atoms. The second-order valence-electron chi connectivity index (χ2n) is 9.96. The molecular formula is C25H44O3Si. The summed E-state index contributed by atoms with van der Waals surface area (Å²) in [7, 11) is -1.71. The van der Waals surface area contributed by atoms with Gasteiger partial charge in [0.25, 0.3) is 0 Å². The first-order valence-corrected chi connectivity index (χ1v) is 14.6. The monoisotopic (exact) mass is 420 g/mol. The maximum absolute atomic E-state index is 7.21. The lowest BCUT2D eigenvalue weighted by Gasteiger charge is -2.51. The van der Waals surface area contributed by atoms with Gasteiger partial charge in [-0.2, -0.15) is 0 Å². The van der Waals surface area contributed by atoms with Crippen molar-refractivity contribution in [3.8, 4) is 0 Å². The molecule has 0 aromatic carbocycles.